The van der Waals surface area contributed by atoms with E-state index in [0.717, 1.165) is 18.8 Å². The van der Waals surface area contributed by atoms with Crippen LogP contribution in [0.25, 0.3) is 0 Å². The van der Waals surface area contributed by atoms with Gasteiger partial charge in [0.25, 0.3) is 0 Å². The highest BCUT2D eigenvalue weighted by molar-refractivity contribution is 6.33. The van der Waals surface area contributed by atoms with Crippen LogP contribution in [0.4, 0.5) is 16.2 Å². The van der Waals surface area contributed by atoms with Crippen LogP contribution in [0.1, 0.15) is 19.3 Å². The molecule has 116 valence electrons. The molecule has 0 aromatic heterocycles. The first-order valence-corrected chi connectivity index (χ1v) is 7.67. The second kappa shape index (κ2) is 7.52. The third-order valence-electron chi connectivity index (χ3n) is 3.68. The Hall–Kier alpha value is -1.46. The molecule has 5 nitrogen and oxygen atoms in total. The van der Waals surface area contributed by atoms with Gasteiger partial charge in [0.05, 0.1) is 17.3 Å². The monoisotopic (exact) mass is 311 g/mol. The molecule has 0 radical (unpaired) electrons. The fourth-order valence-electron chi connectivity index (χ4n) is 2.45. The molecule has 0 spiro atoms. The highest BCUT2D eigenvalue weighted by atomic mass is 35.5. The molecule has 1 heterocycles. The van der Waals surface area contributed by atoms with E-state index in [9.17, 15) is 4.79 Å². The molecule has 0 saturated carbocycles. The number of piperidine rings is 1. The normalized spacial score (nSPS) is 14.9. The van der Waals surface area contributed by atoms with Gasteiger partial charge in [-0.3, -0.25) is 0 Å². The number of aliphatic hydroxyl groups is 1. The summed E-state index contributed by atoms with van der Waals surface area (Å²) in [6, 6.07) is 5.33. The molecule has 6 heteroatoms. The number of carbonyl (C=O) groups excluding carboxylic acids is 1. The molecule has 1 saturated heterocycles. The molecule has 2 N–H and O–H groups in total. The highest BCUT2D eigenvalue weighted by Gasteiger charge is 2.15. The number of benzene rings is 1. The zero-order chi connectivity index (χ0) is 15.2. The van der Waals surface area contributed by atoms with E-state index < -0.39 is 0 Å². The van der Waals surface area contributed by atoms with E-state index >= 15 is 0 Å². The summed E-state index contributed by atoms with van der Waals surface area (Å²) in [7, 11) is 1.63. The van der Waals surface area contributed by atoms with E-state index in [1.165, 1.54) is 24.2 Å². The SMILES string of the molecule is CN(CCO)C(=O)Nc1ccc(N2CCCCC2)c(Cl)c1. The summed E-state index contributed by atoms with van der Waals surface area (Å²) in [6.07, 6.45) is 3.67. The van der Waals surface area contributed by atoms with Gasteiger partial charge < -0.3 is 20.2 Å². The van der Waals surface area contributed by atoms with Gasteiger partial charge in [0, 0.05) is 32.4 Å². The smallest absolute Gasteiger partial charge is 0.321 e. The van der Waals surface area contributed by atoms with Gasteiger partial charge in [-0.25, -0.2) is 4.79 Å². The maximum atomic E-state index is 11.9. The first-order valence-electron chi connectivity index (χ1n) is 7.29. The number of nitrogens with zero attached hydrogens (tertiary/aromatic N) is 2. The Morgan fingerprint density at radius 2 is 2.10 bits per heavy atom. The van der Waals surface area contributed by atoms with Crippen molar-refractivity contribution < 1.29 is 9.90 Å². The fraction of sp³-hybridized carbons (Fsp3) is 0.533. The molecule has 1 fully saturated rings. The molecule has 0 bridgehead atoms. The van der Waals surface area contributed by atoms with E-state index in [2.05, 4.69) is 10.2 Å². The van der Waals surface area contributed by atoms with E-state index in [1.54, 1.807) is 13.1 Å². The minimum absolute atomic E-state index is 0.0570. The lowest BCUT2D eigenvalue weighted by Gasteiger charge is -2.29. The summed E-state index contributed by atoms with van der Waals surface area (Å²) >= 11 is 6.34. The topological polar surface area (TPSA) is 55.8 Å². The largest absolute Gasteiger partial charge is 0.395 e. The molecule has 1 aliphatic heterocycles. The summed E-state index contributed by atoms with van der Waals surface area (Å²) in [4.78, 5) is 15.6. The number of carbonyl (C=O) groups is 1. The Balaban J connectivity index is 2.03. The zero-order valence-corrected chi connectivity index (χ0v) is 13.1. The lowest BCUT2D eigenvalue weighted by Crippen LogP contribution is -2.33. The van der Waals surface area contributed by atoms with Crippen molar-refractivity contribution >= 4 is 29.0 Å². The van der Waals surface area contributed by atoms with Crippen LogP contribution in [0.3, 0.4) is 0 Å². The molecular weight excluding hydrogens is 290 g/mol. The summed E-state index contributed by atoms with van der Waals surface area (Å²) in [5, 5.41) is 12.3. The maximum absolute atomic E-state index is 11.9. The molecule has 0 unspecified atom stereocenters. The number of aliphatic hydroxyl groups excluding tert-OH is 1. The molecular formula is C15H22ClN3O2. The summed E-state index contributed by atoms with van der Waals surface area (Å²) < 4.78 is 0. The number of halogens is 1. The van der Waals surface area contributed by atoms with Gasteiger partial charge in [-0.05, 0) is 37.5 Å². The van der Waals surface area contributed by atoms with Gasteiger partial charge in [-0.1, -0.05) is 11.6 Å². The van der Waals surface area contributed by atoms with Crippen LogP contribution in [0.5, 0.6) is 0 Å². The zero-order valence-electron chi connectivity index (χ0n) is 12.3. The van der Waals surface area contributed by atoms with Gasteiger partial charge in [0.1, 0.15) is 0 Å². The Kier molecular flexibility index (Phi) is 5.70. The van der Waals surface area contributed by atoms with Gasteiger partial charge in [0.2, 0.25) is 0 Å². The Morgan fingerprint density at radius 3 is 2.71 bits per heavy atom. The number of amides is 2. The van der Waals surface area contributed by atoms with Crippen molar-refractivity contribution in [3.63, 3.8) is 0 Å². The fourth-order valence-corrected chi connectivity index (χ4v) is 2.75. The Labute approximate surface area is 130 Å². The van der Waals surface area contributed by atoms with Crippen molar-refractivity contribution in [2.45, 2.75) is 19.3 Å². The first kappa shape index (κ1) is 15.9. The maximum Gasteiger partial charge on any atom is 0.321 e. The van der Waals surface area contributed by atoms with Crippen molar-refractivity contribution in [2.75, 3.05) is 43.5 Å². The summed E-state index contributed by atoms with van der Waals surface area (Å²) in [5.74, 6) is 0. The van der Waals surface area contributed by atoms with Crippen LogP contribution in [0.15, 0.2) is 18.2 Å². The lowest BCUT2D eigenvalue weighted by atomic mass is 10.1. The van der Waals surface area contributed by atoms with Gasteiger partial charge in [-0.15, -0.1) is 0 Å². The molecule has 1 aromatic carbocycles. The van der Waals surface area contributed by atoms with Crippen LogP contribution in [0, 0.1) is 0 Å². The van der Waals surface area contributed by atoms with Crippen molar-refractivity contribution in [3.05, 3.63) is 23.2 Å². The van der Waals surface area contributed by atoms with E-state index in [4.69, 9.17) is 16.7 Å². The number of likely N-dealkylation sites (N-methyl/N-ethyl adjacent to an activating group) is 1. The summed E-state index contributed by atoms with van der Waals surface area (Å²) in [6.45, 7) is 2.30. The predicted molar refractivity (Wildman–Crippen MR) is 86.3 cm³/mol. The van der Waals surface area contributed by atoms with E-state index in [-0.39, 0.29) is 12.6 Å². The number of hydrogen-bond acceptors (Lipinski definition) is 3. The standard InChI is InChI=1S/C15H22ClN3O2/c1-18(9-10-20)15(21)17-12-5-6-14(13(16)11-12)19-7-3-2-4-8-19/h5-6,11,20H,2-4,7-10H2,1H3,(H,17,21). The quantitative estimate of drug-likeness (QED) is 0.899. The number of nitrogens with one attached hydrogen (secondary N) is 1. The van der Waals surface area contributed by atoms with Crippen LogP contribution >= 0.6 is 11.6 Å². The van der Waals surface area contributed by atoms with E-state index in [0.29, 0.717) is 17.3 Å². The number of urea groups is 1. The molecule has 0 aliphatic carbocycles. The van der Waals surface area contributed by atoms with E-state index in [1.807, 2.05) is 12.1 Å². The predicted octanol–water partition coefficient (Wildman–Crippen LogP) is 2.79. The van der Waals surface area contributed by atoms with Crippen LogP contribution in [0.2, 0.25) is 5.02 Å². The third-order valence-corrected chi connectivity index (χ3v) is 3.98. The van der Waals surface area contributed by atoms with Crippen molar-refractivity contribution in [1.82, 2.24) is 4.90 Å². The molecule has 1 aliphatic rings. The third kappa shape index (κ3) is 4.25. The molecule has 2 amide bonds. The van der Waals surface area contributed by atoms with Crippen molar-refractivity contribution in [1.29, 1.82) is 0 Å². The molecule has 0 atom stereocenters. The second-order valence-electron chi connectivity index (χ2n) is 5.29. The minimum atomic E-state index is -0.258. The van der Waals surface area contributed by atoms with Gasteiger partial charge in [-0.2, -0.15) is 0 Å². The van der Waals surface area contributed by atoms with Crippen LogP contribution in [-0.2, 0) is 0 Å². The van der Waals surface area contributed by atoms with Crippen LogP contribution < -0.4 is 10.2 Å². The summed E-state index contributed by atoms with van der Waals surface area (Å²) in [5.41, 5.74) is 1.69. The first-order chi connectivity index (χ1) is 10.1. The van der Waals surface area contributed by atoms with Gasteiger partial charge >= 0.3 is 6.03 Å². The van der Waals surface area contributed by atoms with Crippen LogP contribution in [-0.4, -0.2) is 49.3 Å². The van der Waals surface area contributed by atoms with Crippen molar-refractivity contribution in [2.24, 2.45) is 0 Å². The molecule has 21 heavy (non-hydrogen) atoms. The number of rotatable bonds is 4. The lowest BCUT2D eigenvalue weighted by molar-refractivity contribution is 0.202. The van der Waals surface area contributed by atoms with Crippen molar-refractivity contribution in [3.8, 4) is 0 Å². The highest BCUT2D eigenvalue weighted by Crippen LogP contribution is 2.30. The number of anilines is 2. The molecule has 1 aromatic rings. The Bertz CT molecular complexity index is 490. The average Bonchev–Trinajstić information content (AvgIpc) is 2.48. The van der Waals surface area contributed by atoms with Gasteiger partial charge in [0.15, 0.2) is 0 Å². The minimum Gasteiger partial charge on any atom is -0.395 e. The second-order valence-corrected chi connectivity index (χ2v) is 5.70. The number of hydrogen-bond donors (Lipinski definition) is 2. The molecule has 2 rings (SSSR count). The Morgan fingerprint density at radius 1 is 1.38 bits per heavy atom. The average molecular weight is 312 g/mol.